The van der Waals surface area contributed by atoms with Gasteiger partial charge in [0.15, 0.2) is 0 Å². The van der Waals surface area contributed by atoms with E-state index in [2.05, 4.69) is 58.0 Å². The van der Waals surface area contributed by atoms with E-state index < -0.39 is 0 Å². The van der Waals surface area contributed by atoms with Gasteiger partial charge in [-0.3, -0.25) is 0 Å². The average molecular weight is 234 g/mol. The van der Waals surface area contributed by atoms with Crippen molar-refractivity contribution in [1.29, 1.82) is 0 Å². The molecule has 0 aromatic heterocycles. The van der Waals surface area contributed by atoms with Crippen LogP contribution in [0.25, 0.3) is 0 Å². The third-order valence-electron chi connectivity index (χ3n) is 3.45. The molecular weight excluding hydrogens is 208 g/mol. The van der Waals surface area contributed by atoms with Crippen molar-refractivity contribution >= 4 is 0 Å². The summed E-state index contributed by atoms with van der Waals surface area (Å²) in [6, 6.07) is 7.17. The molecule has 2 unspecified atom stereocenters. The van der Waals surface area contributed by atoms with Crippen molar-refractivity contribution < 1.29 is 0 Å². The number of hydrogen-bond acceptors (Lipinski definition) is 2. The Hall–Kier alpha value is -0.860. The molecule has 1 aromatic carbocycles. The van der Waals surface area contributed by atoms with E-state index in [1.807, 2.05) is 0 Å². The van der Waals surface area contributed by atoms with E-state index in [0.29, 0.717) is 12.0 Å². The quantitative estimate of drug-likeness (QED) is 0.849. The summed E-state index contributed by atoms with van der Waals surface area (Å²) in [5.74, 6) is 0.558. The van der Waals surface area contributed by atoms with Crippen molar-refractivity contribution in [2.45, 2.75) is 33.2 Å². The lowest BCUT2D eigenvalue weighted by atomic mass is 9.91. The Bertz CT molecular complexity index is 358. The molecule has 2 nitrogen and oxygen atoms in total. The van der Waals surface area contributed by atoms with Crippen molar-refractivity contribution in [3.63, 3.8) is 0 Å². The minimum atomic E-state index is 0.466. The maximum atomic E-state index is 5.75. The molecule has 2 atom stereocenters. The van der Waals surface area contributed by atoms with Crippen molar-refractivity contribution in [1.82, 2.24) is 4.90 Å². The van der Waals surface area contributed by atoms with E-state index in [1.54, 1.807) is 0 Å². The van der Waals surface area contributed by atoms with Crippen LogP contribution < -0.4 is 5.73 Å². The number of nitrogens with two attached hydrogens (primary N) is 1. The van der Waals surface area contributed by atoms with Gasteiger partial charge in [-0.25, -0.2) is 0 Å². The Labute approximate surface area is 106 Å². The van der Waals surface area contributed by atoms with Gasteiger partial charge < -0.3 is 10.6 Å². The molecular formula is C15H26N2. The monoisotopic (exact) mass is 234 g/mol. The third-order valence-corrected chi connectivity index (χ3v) is 3.45. The molecule has 0 heterocycles. The molecule has 0 aliphatic heterocycles. The minimum absolute atomic E-state index is 0.466. The van der Waals surface area contributed by atoms with Crippen molar-refractivity contribution in [2.24, 2.45) is 11.7 Å². The van der Waals surface area contributed by atoms with Gasteiger partial charge in [0, 0.05) is 6.04 Å². The van der Waals surface area contributed by atoms with E-state index in [1.165, 1.54) is 16.7 Å². The zero-order valence-corrected chi connectivity index (χ0v) is 11.8. The largest absolute Gasteiger partial charge is 0.330 e. The standard InChI is InChI=1S/C15H26N2/c1-11-6-7-13(3)14(8-11)15(17(4)5)9-12(2)10-16/h6-8,12,15H,9-10,16H2,1-5H3. The molecule has 0 saturated carbocycles. The highest BCUT2D eigenvalue weighted by Gasteiger charge is 2.18. The Morgan fingerprint density at radius 2 is 1.88 bits per heavy atom. The van der Waals surface area contributed by atoms with Gasteiger partial charge in [0.25, 0.3) is 0 Å². The molecule has 0 spiro atoms. The second kappa shape index (κ2) is 6.18. The minimum Gasteiger partial charge on any atom is -0.330 e. The fourth-order valence-electron chi connectivity index (χ4n) is 2.21. The van der Waals surface area contributed by atoms with Crippen LogP contribution in [0.5, 0.6) is 0 Å². The number of nitrogens with zero attached hydrogens (tertiary/aromatic N) is 1. The first kappa shape index (κ1) is 14.2. The van der Waals surface area contributed by atoms with Gasteiger partial charge in [-0.05, 0) is 58.0 Å². The van der Waals surface area contributed by atoms with Crippen molar-refractivity contribution in [3.8, 4) is 0 Å². The lowest BCUT2D eigenvalue weighted by molar-refractivity contribution is 0.254. The summed E-state index contributed by atoms with van der Waals surface area (Å²) in [5.41, 5.74) is 9.89. The number of hydrogen-bond donors (Lipinski definition) is 1. The smallest absolute Gasteiger partial charge is 0.0347 e. The van der Waals surface area contributed by atoms with E-state index in [-0.39, 0.29) is 0 Å². The average Bonchev–Trinajstić information content (AvgIpc) is 2.28. The molecule has 0 saturated heterocycles. The van der Waals surface area contributed by atoms with Crippen LogP contribution in [0, 0.1) is 19.8 Å². The van der Waals surface area contributed by atoms with E-state index in [0.717, 1.165) is 13.0 Å². The fourth-order valence-corrected chi connectivity index (χ4v) is 2.21. The second-order valence-corrected chi connectivity index (χ2v) is 5.42. The van der Waals surface area contributed by atoms with E-state index >= 15 is 0 Å². The molecule has 0 aliphatic carbocycles. The Balaban J connectivity index is 3.00. The molecule has 1 rings (SSSR count). The highest BCUT2D eigenvalue weighted by molar-refractivity contribution is 5.33. The first-order valence-electron chi connectivity index (χ1n) is 6.39. The SMILES string of the molecule is Cc1ccc(C)c(C(CC(C)CN)N(C)C)c1. The van der Waals surface area contributed by atoms with Crippen LogP contribution in [0.4, 0.5) is 0 Å². The van der Waals surface area contributed by atoms with Gasteiger partial charge in [-0.1, -0.05) is 30.7 Å². The topological polar surface area (TPSA) is 29.3 Å². The number of rotatable bonds is 5. The second-order valence-electron chi connectivity index (χ2n) is 5.42. The van der Waals surface area contributed by atoms with Crippen molar-refractivity contribution in [2.75, 3.05) is 20.6 Å². The third kappa shape index (κ3) is 3.83. The molecule has 0 radical (unpaired) electrons. The van der Waals surface area contributed by atoms with Crippen LogP contribution in [-0.4, -0.2) is 25.5 Å². The predicted molar refractivity (Wildman–Crippen MR) is 75.2 cm³/mol. The fraction of sp³-hybridized carbons (Fsp3) is 0.600. The molecule has 2 N–H and O–H groups in total. The van der Waals surface area contributed by atoms with E-state index in [4.69, 9.17) is 5.73 Å². The van der Waals surface area contributed by atoms with Crippen LogP contribution in [-0.2, 0) is 0 Å². The van der Waals surface area contributed by atoms with Crippen LogP contribution in [0.15, 0.2) is 18.2 Å². The number of aryl methyl sites for hydroxylation is 2. The molecule has 0 aliphatic rings. The summed E-state index contributed by atoms with van der Waals surface area (Å²) < 4.78 is 0. The molecule has 0 fully saturated rings. The lowest BCUT2D eigenvalue weighted by Crippen LogP contribution is -2.25. The summed E-state index contributed by atoms with van der Waals surface area (Å²) in [6.45, 7) is 7.33. The predicted octanol–water partition coefficient (Wildman–Crippen LogP) is 2.89. The maximum absolute atomic E-state index is 5.75. The maximum Gasteiger partial charge on any atom is 0.0347 e. The van der Waals surface area contributed by atoms with Crippen LogP contribution >= 0.6 is 0 Å². The summed E-state index contributed by atoms with van der Waals surface area (Å²) in [4.78, 5) is 2.30. The van der Waals surface area contributed by atoms with E-state index in [9.17, 15) is 0 Å². The van der Waals surface area contributed by atoms with Crippen LogP contribution in [0.2, 0.25) is 0 Å². The molecule has 2 heteroatoms. The molecule has 0 amide bonds. The zero-order chi connectivity index (χ0) is 13.0. The Morgan fingerprint density at radius 1 is 1.24 bits per heavy atom. The number of benzene rings is 1. The summed E-state index contributed by atoms with van der Waals surface area (Å²) >= 11 is 0. The molecule has 96 valence electrons. The van der Waals surface area contributed by atoms with Gasteiger partial charge in [0.2, 0.25) is 0 Å². The highest BCUT2D eigenvalue weighted by Crippen LogP contribution is 2.28. The van der Waals surface area contributed by atoms with Gasteiger partial charge in [-0.15, -0.1) is 0 Å². The normalized spacial score (nSPS) is 15.0. The Kier molecular flexibility index (Phi) is 5.16. The van der Waals surface area contributed by atoms with Crippen LogP contribution in [0.3, 0.4) is 0 Å². The first-order chi connectivity index (χ1) is 7.95. The summed E-state index contributed by atoms with van der Waals surface area (Å²) in [7, 11) is 4.30. The van der Waals surface area contributed by atoms with Gasteiger partial charge >= 0.3 is 0 Å². The Morgan fingerprint density at radius 3 is 2.41 bits per heavy atom. The van der Waals surface area contributed by atoms with Gasteiger partial charge in [0.05, 0.1) is 0 Å². The molecule has 0 bridgehead atoms. The van der Waals surface area contributed by atoms with Crippen molar-refractivity contribution in [3.05, 3.63) is 34.9 Å². The summed E-state index contributed by atoms with van der Waals surface area (Å²) in [5, 5.41) is 0. The van der Waals surface area contributed by atoms with Crippen LogP contribution in [0.1, 0.15) is 36.1 Å². The molecule has 1 aromatic rings. The zero-order valence-electron chi connectivity index (χ0n) is 11.8. The van der Waals surface area contributed by atoms with Gasteiger partial charge in [0.1, 0.15) is 0 Å². The summed E-state index contributed by atoms with van der Waals surface area (Å²) in [6.07, 6.45) is 1.12. The highest BCUT2D eigenvalue weighted by atomic mass is 15.1. The first-order valence-corrected chi connectivity index (χ1v) is 6.39. The van der Waals surface area contributed by atoms with Gasteiger partial charge in [-0.2, -0.15) is 0 Å². The lowest BCUT2D eigenvalue weighted by Gasteiger charge is -2.28. The molecule has 17 heavy (non-hydrogen) atoms.